The Bertz CT molecular complexity index is 711. The number of benzene rings is 2. The molecule has 22 heavy (non-hydrogen) atoms. The number of ether oxygens (including phenoxy) is 1. The van der Waals surface area contributed by atoms with Crippen LogP contribution in [0.4, 0.5) is 0 Å². The Morgan fingerprint density at radius 1 is 0.909 bits per heavy atom. The number of carbonyl (C=O) groups is 1. The summed E-state index contributed by atoms with van der Waals surface area (Å²) in [6.45, 7) is 6.70. The van der Waals surface area contributed by atoms with Gasteiger partial charge in [-0.2, -0.15) is 0 Å². The lowest BCUT2D eigenvalue weighted by molar-refractivity contribution is 0.0601. The van der Waals surface area contributed by atoms with Crippen molar-refractivity contribution in [1.29, 1.82) is 0 Å². The van der Waals surface area contributed by atoms with Gasteiger partial charge in [-0.3, -0.25) is 0 Å². The fourth-order valence-corrected chi connectivity index (χ4v) is 2.44. The maximum atomic E-state index is 11.4. The monoisotopic (exact) mass is 308 g/mol. The highest BCUT2D eigenvalue weighted by molar-refractivity contribution is 6.83. The van der Waals surface area contributed by atoms with Gasteiger partial charge in [0.2, 0.25) is 0 Å². The molecule has 2 aromatic rings. The number of hydrogen-bond acceptors (Lipinski definition) is 2. The van der Waals surface area contributed by atoms with Gasteiger partial charge in [-0.05, 0) is 35.4 Å². The summed E-state index contributed by atoms with van der Waals surface area (Å²) in [5, 5.41) is 0. The van der Waals surface area contributed by atoms with Gasteiger partial charge in [0, 0.05) is 5.56 Å². The second-order valence-electron chi connectivity index (χ2n) is 6.15. The van der Waals surface area contributed by atoms with Crippen molar-refractivity contribution < 1.29 is 9.53 Å². The van der Waals surface area contributed by atoms with Crippen molar-refractivity contribution in [2.24, 2.45) is 0 Å². The second kappa shape index (κ2) is 6.63. The van der Waals surface area contributed by atoms with Crippen LogP contribution < -0.4 is 0 Å². The standard InChI is InChI=1S/C19H20O2Si/c1-21-19(20)18-11-9-17(10-12-18)16-7-5-15(6-8-16)13-14-22(2,3)4/h5-12H,1-4H3. The minimum absolute atomic E-state index is 0.316. The van der Waals surface area contributed by atoms with Gasteiger partial charge in [-0.15, -0.1) is 5.54 Å². The first-order chi connectivity index (χ1) is 10.4. The van der Waals surface area contributed by atoms with E-state index in [1.54, 1.807) is 12.1 Å². The minimum atomic E-state index is -1.34. The van der Waals surface area contributed by atoms with Crippen molar-refractivity contribution in [2.75, 3.05) is 7.11 Å². The molecular weight excluding hydrogens is 288 g/mol. The van der Waals surface area contributed by atoms with Gasteiger partial charge in [-0.25, -0.2) is 4.79 Å². The highest BCUT2D eigenvalue weighted by Crippen LogP contribution is 2.20. The molecule has 2 aromatic carbocycles. The van der Waals surface area contributed by atoms with Gasteiger partial charge in [0.15, 0.2) is 0 Å². The lowest BCUT2D eigenvalue weighted by Crippen LogP contribution is -2.16. The first-order valence-electron chi connectivity index (χ1n) is 7.21. The molecule has 0 aromatic heterocycles. The summed E-state index contributed by atoms with van der Waals surface area (Å²) in [7, 11) is 0.0422. The van der Waals surface area contributed by atoms with Crippen molar-refractivity contribution in [2.45, 2.75) is 19.6 Å². The fraction of sp³-hybridized carbons (Fsp3) is 0.211. The topological polar surface area (TPSA) is 26.3 Å². The van der Waals surface area contributed by atoms with Crippen LogP contribution in [0.25, 0.3) is 11.1 Å². The Morgan fingerprint density at radius 3 is 1.86 bits per heavy atom. The van der Waals surface area contributed by atoms with E-state index in [9.17, 15) is 4.79 Å². The van der Waals surface area contributed by atoms with Crippen LogP contribution >= 0.6 is 0 Å². The summed E-state index contributed by atoms with van der Waals surface area (Å²) >= 11 is 0. The van der Waals surface area contributed by atoms with Gasteiger partial charge >= 0.3 is 5.97 Å². The van der Waals surface area contributed by atoms with Crippen LogP contribution in [-0.2, 0) is 4.74 Å². The van der Waals surface area contributed by atoms with E-state index in [0.29, 0.717) is 5.56 Å². The van der Waals surface area contributed by atoms with Crippen LogP contribution in [0.2, 0.25) is 19.6 Å². The molecule has 0 unspecified atom stereocenters. The molecule has 0 atom stereocenters. The Morgan fingerprint density at radius 2 is 1.41 bits per heavy atom. The van der Waals surface area contributed by atoms with Crippen LogP contribution in [0.15, 0.2) is 48.5 Å². The molecule has 0 aliphatic rings. The quantitative estimate of drug-likeness (QED) is 0.468. The minimum Gasteiger partial charge on any atom is -0.465 e. The maximum absolute atomic E-state index is 11.4. The van der Waals surface area contributed by atoms with E-state index in [1.165, 1.54) is 7.11 Å². The van der Waals surface area contributed by atoms with Crippen LogP contribution in [0, 0.1) is 11.5 Å². The van der Waals surface area contributed by atoms with Gasteiger partial charge in [0.05, 0.1) is 12.7 Å². The SMILES string of the molecule is COC(=O)c1ccc(-c2ccc(C#C[Si](C)(C)C)cc2)cc1. The van der Waals surface area contributed by atoms with Gasteiger partial charge in [-0.1, -0.05) is 49.8 Å². The normalized spacial score (nSPS) is 10.5. The summed E-state index contributed by atoms with van der Waals surface area (Å²) in [5.74, 6) is 2.93. The van der Waals surface area contributed by atoms with E-state index in [4.69, 9.17) is 4.74 Å². The molecule has 0 N–H and O–H groups in total. The molecule has 0 saturated heterocycles. The van der Waals surface area contributed by atoms with E-state index in [-0.39, 0.29) is 5.97 Å². The van der Waals surface area contributed by atoms with E-state index in [1.807, 2.05) is 24.3 Å². The zero-order chi connectivity index (χ0) is 16.2. The Balaban J connectivity index is 2.20. The van der Waals surface area contributed by atoms with Gasteiger partial charge in [0.25, 0.3) is 0 Å². The summed E-state index contributed by atoms with van der Waals surface area (Å²) in [5.41, 5.74) is 7.13. The summed E-state index contributed by atoms with van der Waals surface area (Å²) in [6, 6.07) is 15.6. The molecule has 0 aliphatic carbocycles. The molecule has 0 heterocycles. The second-order valence-corrected chi connectivity index (χ2v) is 10.9. The fourth-order valence-electron chi connectivity index (χ4n) is 1.92. The van der Waals surface area contributed by atoms with Gasteiger partial charge < -0.3 is 4.74 Å². The van der Waals surface area contributed by atoms with Crippen molar-refractivity contribution in [3.05, 3.63) is 59.7 Å². The van der Waals surface area contributed by atoms with Crippen LogP contribution in [-0.4, -0.2) is 21.2 Å². The Hall–Kier alpha value is -2.31. The Kier molecular flexibility index (Phi) is 4.84. The van der Waals surface area contributed by atoms with Crippen molar-refractivity contribution in [3.63, 3.8) is 0 Å². The summed E-state index contributed by atoms with van der Waals surface area (Å²) < 4.78 is 4.70. The lowest BCUT2D eigenvalue weighted by atomic mass is 10.0. The highest BCUT2D eigenvalue weighted by atomic mass is 28.3. The van der Waals surface area contributed by atoms with E-state index >= 15 is 0 Å². The number of methoxy groups -OCH3 is 1. The zero-order valence-corrected chi connectivity index (χ0v) is 14.4. The van der Waals surface area contributed by atoms with Crippen LogP contribution in [0.1, 0.15) is 15.9 Å². The molecular formula is C19H20O2Si. The van der Waals surface area contributed by atoms with E-state index in [2.05, 4.69) is 43.2 Å². The number of hydrogen-bond donors (Lipinski definition) is 0. The summed E-state index contributed by atoms with van der Waals surface area (Å²) in [4.78, 5) is 11.4. The first-order valence-corrected chi connectivity index (χ1v) is 10.7. The molecule has 3 heteroatoms. The lowest BCUT2D eigenvalue weighted by Gasteiger charge is -2.05. The summed E-state index contributed by atoms with van der Waals surface area (Å²) in [6.07, 6.45) is 0. The average molecular weight is 308 g/mol. The van der Waals surface area contributed by atoms with E-state index < -0.39 is 8.07 Å². The van der Waals surface area contributed by atoms with E-state index in [0.717, 1.165) is 16.7 Å². The van der Waals surface area contributed by atoms with Crippen molar-refractivity contribution >= 4 is 14.0 Å². The molecule has 2 rings (SSSR count). The van der Waals surface area contributed by atoms with Crippen LogP contribution in [0.3, 0.4) is 0 Å². The third kappa shape index (κ3) is 4.34. The molecule has 0 saturated carbocycles. The third-order valence-electron chi connectivity index (χ3n) is 3.11. The van der Waals surface area contributed by atoms with Crippen LogP contribution in [0.5, 0.6) is 0 Å². The van der Waals surface area contributed by atoms with Gasteiger partial charge in [0.1, 0.15) is 8.07 Å². The largest absolute Gasteiger partial charge is 0.465 e. The molecule has 0 aliphatic heterocycles. The maximum Gasteiger partial charge on any atom is 0.337 e. The zero-order valence-electron chi connectivity index (χ0n) is 13.4. The molecule has 0 spiro atoms. The predicted octanol–water partition coefficient (Wildman–Crippen LogP) is 4.37. The first kappa shape index (κ1) is 16.1. The third-order valence-corrected chi connectivity index (χ3v) is 3.98. The molecule has 112 valence electrons. The number of rotatable bonds is 2. The highest BCUT2D eigenvalue weighted by Gasteiger charge is 2.07. The Labute approximate surface area is 133 Å². The molecule has 0 radical (unpaired) electrons. The van der Waals surface area contributed by atoms with Crippen molar-refractivity contribution in [3.8, 4) is 22.6 Å². The molecule has 2 nitrogen and oxygen atoms in total. The molecule has 0 amide bonds. The average Bonchev–Trinajstić information content (AvgIpc) is 2.52. The smallest absolute Gasteiger partial charge is 0.337 e. The number of esters is 1. The molecule has 0 bridgehead atoms. The van der Waals surface area contributed by atoms with Crippen molar-refractivity contribution in [1.82, 2.24) is 0 Å². The number of carbonyl (C=O) groups excluding carboxylic acids is 1. The predicted molar refractivity (Wildman–Crippen MR) is 93.4 cm³/mol. The molecule has 0 fully saturated rings.